The van der Waals surface area contributed by atoms with Crippen molar-refractivity contribution in [3.8, 4) is 0 Å². The van der Waals surface area contributed by atoms with E-state index in [-0.39, 0.29) is 6.61 Å². The van der Waals surface area contributed by atoms with E-state index in [1.165, 1.54) is 11.1 Å². The summed E-state index contributed by atoms with van der Waals surface area (Å²) in [4.78, 5) is 0. The molecule has 2 aromatic rings. The molecular weight excluding hydrogens is 282 g/mol. The lowest BCUT2D eigenvalue weighted by atomic mass is 9.84. The molecule has 0 fully saturated rings. The third-order valence-electron chi connectivity index (χ3n) is 4.31. The lowest BCUT2D eigenvalue weighted by Crippen LogP contribution is -2.39. The van der Waals surface area contributed by atoms with Crippen molar-refractivity contribution in [2.75, 3.05) is 11.9 Å². The van der Waals surface area contributed by atoms with Crippen LogP contribution in [0.3, 0.4) is 0 Å². The lowest BCUT2D eigenvalue weighted by Gasteiger charge is -2.35. The molecule has 1 aliphatic carbocycles. The molecule has 1 aliphatic rings. The Morgan fingerprint density at radius 3 is 2.76 bits per heavy atom. The summed E-state index contributed by atoms with van der Waals surface area (Å²) in [5.41, 5.74) is 3.08. The molecule has 21 heavy (non-hydrogen) atoms. The van der Waals surface area contributed by atoms with Crippen LogP contribution in [0.5, 0.6) is 0 Å². The zero-order valence-corrected chi connectivity index (χ0v) is 12.7. The normalized spacial score (nSPS) is 21.4. The molecule has 2 N–H and O–H groups in total. The Balaban J connectivity index is 2.03. The number of hydrogen-bond acceptors (Lipinski definition) is 2. The van der Waals surface area contributed by atoms with Gasteiger partial charge in [0.05, 0.1) is 12.1 Å². The topological polar surface area (TPSA) is 32.3 Å². The first-order valence-corrected chi connectivity index (χ1v) is 7.84. The fourth-order valence-corrected chi connectivity index (χ4v) is 3.45. The van der Waals surface area contributed by atoms with Gasteiger partial charge in [-0.3, -0.25) is 0 Å². The molecule has 0 aliphatic heterocycles. The highest BCUT2D eigenvalue weighted by molar-refractivity contribution is 6.30. The average Bonchev–Trinajstić information content (AvgIpc) is 2.68. The average molecular weight is 302 g/mol. The van der Waals surface area contributed by atoms with Crippen molar-refractivity contribution >= 4 is 17.3 Å². The van der Waals surface area contributed by atoms with Crippen molar-refractivity contribution in [2.45, 2.75) is 31.2 Å². The van der Waals surface area contributed by atoms with Crippen LogP contribution in [0.15, 0.2) is 48.5 Å². The Labute approximate surface area is 130 Å². The number of rotatable bonds is 3. The van der Waals surface area contributed by atoms with Gasteiger partial charge in [-0.25, -0.2) is 0 Å². The van der Waals surface area contributed by atoms with Crippen molar-refractivity contribution in [3.05, 3.63) is 64.7 Å². The second-order valence-corrected chi connectivity index (χ2v) is 6.18. The van der Waals surface area contributed by atoms with Gasteiger partial charge >= 0.3 is 0 Å². The number of benzene rings is 2. The molecule has 1 unspecified atom stereocenters. The number of hydrogen-bond donors (Lipinski definition) is 2. The Bertz CT molecular complexity index is 628. The second kappa shape index (κ2) is 6.08. The molecule has 0 amide bonds. The van der Waals surface area contributed by atoms with Crippen LogP contribution in [0.25, 0.3) is 0 Å². The summed E-state index contributed by atoms with van der Waals surface area (Å²) in [5.74, 6) is 0. The van der Waals surface area contributed by atoms with E-state index < -0.39 is 5.54 Å². The first-order valence-electron chi connectivity index (χ1n) is 7.46. The maximum Gasteiger partial charge on any atom is 0.0859 e. The number of fused-ring (bicyclic) bond motifs is 1. The summed E-state index contributed by atoms with van der Waals surface area (Å²) < 4.78 is 0. The highest BCUT2D eigenvalue weighted by Gasteiger charge is 2.34. The summed E-state index contributed by atoms with van der Waals surface area (Å²) in [6, 6.07) is 16.1. The highest BCUT2D eigenvalue weighted by Crippen LogP contribution is 2.37. The zero-order valence-electron chi connectivity index (χ0n) is 12.0. The van der Waals surface area contributed by atoms with Crippen LogP contribution in [0, 0.1) is 0 Å². The maximum absolute atomic E-state index is 10.1. The van der Waals surface area contributed by atoms with E-state index in [1.54, 1.807) is 0 Å². The van der Waals surface area contributed by atoms with Crippen molar-refractivity contribution in [1.29, 1.82) is 0 Å². The van der Waals surface area contributed by atoms with Gasteiger partial charge in [0.15, 0.2) is 0 Å². The zero-order chi connectivity index (χ0) is 14.7. The van der Waals surface area contributed by atoms with Gasteiger partial charge in [-0.1, -0.05) is 48.4 Å². The van der Waals surface area contributed by atoms with Crippen LogP contribution in [-0.2, 0) is 12.0 Å². The van der Waals surface area contributed by atoms with Gasteiger partial charge in [0.2, 0.25) is 0 Å². The molecule has 0 spiro atoms. The molecule has 0 saturated carbocycles. The van der Waals surface area contributed by atoms with Gasteiger partial charge in [0, 0.05) is 10.7 Å². The van der Waals surface area contributed by atoms with E-state index in [0.29, 0.717) is 5.02 Å². The van der Waals surface area contributed by atoms with Crippen LogP contribution in [0.2, 0.25) is 5.02 Å². The standard InChI is InChI=1S/C18H20ClNO/c19-15-8-5-9-16(12-15)20-18(13-21)11-4-3-7-14-6-1-2-10-17(14)18/h1-2,5-6,8-10,12,20-21H,3-4,7,11,13H2. The van der Waals surface area contributed by atoms with E-state index in [1.807, 2.05) is 30.3 Å². The quantitative estimate of drug-likeness (QED) is 0.825. The van der Waals surface area contributed by atoms with Crippen molar-refractivity contribution in [1.82, 2.24) is 0 Å². The molecule has 1 atom stereocenters. The summed E-state index contributed by atoms with van der Waals surface area (Å²) in [5, 5.41) is 14.4. The molecule has 0 bridgehead atoms. The lowest BCUT2D eigenvalue weighted by molar-refractivity contribution is 0.202. The molecule has 0 saturated heterocycles. The largest absolute Gasteiger partial charge is 0.394 e. The highest BCUT2D eigenvalue weighted by atomic mass is 35.5. The molecule has 110 valence electrons. The molecule has 2 aromatic carbocycles. The Morgan fingerprint density at radius 1 is 1.10 bits per heavy atom. The van der Waals surface area contributed by atoms with Crippen LogP contribution in [0.1, 0.15) is 30.4 Å². The molecule has 0 aromatic heterocycles. The number of halogens is 1. The van der Waals surface area contributed by atoms with Gasteiger partial charge in [0.25, 0.3) is 0 Å². The minimum Gasteiger partial charge on any atom is -0.394 e. The predicted octanol–water partition coefficient (Wildman–Crippen LogP) is 4.37. The van der Waals surface area contributed by atoms with Crippen LogP contribution >= 0.6 is 11.6 Å². The first-order chi connectivity index (χ1) is 10.2. The van der Waals surface area contributed by atoms with E-state index >= 15 is 0 Å². The Morgan fingerprint density at radius 2 is 1.95 bits per heavy atom. The van der Waals surface area contributed by atoms with Gasteiger partial charge in [-0.15, -0.1) is 0 Å². The summed E-state index contributed by atoms with van der Waals surface area (Å²) in [6.07, 6.45) is 4.26. The number of anilines is 1. The van der Waals surface area contributed by atoms with Crippen LogP contribution in [0.4, 0.5) is 5.69 Å². The van der Waals surface area contributed by atoms with Crippen molar-refractivity contribution in [2.24, 2.45) is 0 Å². The maximum atomic E-state index is 10.1. The fraction of sp³-hybridized carbons (Fsp3) is 0.333. The molecular formula is C18H20ClNO. The molecule has 0 radical (unpaired) electrons. The van der Waals surface area contributed by atoms with E-state index in [4.69, 9.17) is 11.6 Å². The Kier molecular flexibility index (Phi) is 4.18. The number of aliphatic hydroxyl groups is 1. The molecule has 3 rings (SSSR count). The first kappa shape index (κ1) is 14.4. The minimum absolute atomic E-state index is 0.0799. The summed E-state index contributed by atoms with van der Waals surface area (Å²) >= 11 is 6.08. The van der Waals surface area contributed by atoms with Crippen LogP contribution in [-0.4, -0.2) is 11.7 Å². The van der Waals surface area contributed by atoms with Gasteiger partial charge < -0.3 is 10.4 Å². The SMILES string of the molecule is OCC1(Nc2cccc(Cl)c2)CCCCc2ccccc21. The van der Waals surface area contributed by atoms with E-state index in [0.717, 1.165) is 31.4 Å². The number of aryl methyl sites for hydroxylation is 1. The molecule has 2 nitrogen and oxygen atoms in total. The smallest absolute Gasteiger partial charge is 0.0859 e. The number of nitrogens with one attached hydrogen (secondary N) is 1. The fourth-order valence-electron chi connectivity index (χ4n) is 3.26. The van der Waals surface area contributed by atoms with Gasteiger partial charge in [-0.2, -0.15) is 0 Å². The number of aliphatic hydroxyl groups excluding tert-OH is 1. The monoisotopic (exact) mass is 301 g/mol. The molecule has 3 heteroatoms. The minimum atomic E-state index is -0.419. The predicted molar refractivity (Wildman–Crippen MR) is 87.8 cm³/mol. The van der Waals surface area contributed by atoms with Crippen LogP contribution < -0.4 is 5.32 Å². The second-order valence-electron chi connectivity index (χ2n) is 5.74. The van der Waals surface area contributed by atoms with Gasteiger partial charge in [0.1, 0.15) is 0 Å². The van der Waals surface area contributed by atoms with Crippen molar-refractivity contribution < 1.29 is 5.11 Å². The Hall–Kier alpha value is -1.51. The molecule has 0 heterocycles. The summed E-state index contributed by atoms with van der Waals surface area (Å²) in [7, 11) is 0. The summed E-state index contributed by atoms with van der Waals surface area (Å²) in [6.45, 7) is 0.0799. The van der Waals surface area contributed by atoms with Gasteiger partial charge in [-0.05, 0) is 48.6 Å². The third-order valence-corrected chi connectivity index (χ3v) is 4.55. The van der Waals surface area contributed by atoms with E-state index in [9.17, 15) is 5.11 Å². The van der Waals surface area contributed by atoms with E-state index in [2.05, 4.69) is 23.5 Å². The third kappa shape index (κ3) is 2.92. The van der Waals surface area contributed by atoms with Crippen molar-refractivity contribution in [3.63, 3.8) is 0 Å².